The Balaban J connectivity index is 2.31. The van der Waals surface area contributed by atoms with Crippen LogP contribution < -0.4 is 5.32 Å². The third kappa shape index (κ3) is 3.43. The molecule has 1 saturated heterocycles. The van der Waals surface area contributed by atoms with E-state index in [1.54, 1.807) is 13.8 Å². The molecule has 1 aliphatic rings. The molecule has 1 aromatic rings. The molecular formula is C17H24N2O2. The number of hydrogen-bond donors (Lipinski definition) is 1. The van der Waals surface area contributed by atoms with Gasteiger partial charge >= 0.3 is 0 Å². The monoisotopic (exact) mass is 288 g/mol. The summed E-state index contributed by atoms with van der Waals surface area (Å²) in [5.41, 5.74) is 2.64. The Labute approximate surface area is 126 Å². The first-order chi connectivity index (χ1) is 9.69. The summed E-state index contributed by atoms with van der Waals surface area (Å²) in [5.74, 6) is -0.0937. The standard InChI is InChI=1S/C17H24N2O2/c1-11-6-12(2)8-14(7-11)10-19-13(3)9-15(20)18-17(4,5)16(19)21/h6-8,13H,9-10H2,1-5H3,(H,18,20). The van der Waals surface area contributed by atoms with Crippen LogP contribution in [0.2, 0.25) is 0 Å². The van der Waals surface area contributed by atoms with Gasteiger partial charge in [-0.25, -0.2) is 0 Å². The molecule has 1 fully saturated rings. The molecule has 0 aliphatic carbocycles. The highest BCUT2D eigenvalue weighted by Gasteiger charge is 2.39. The van der Waals surface area contributed by atoms with Crippen molar-refractivity contribution < 1.29 is 9.59 Å². The second-order valence-electron chi connectivity index (χ2n) is 6.66. The van der Waals surface area contributed by atoms with Crippen molar-refractivity contribution in [3.8, 4) is 0 Å². The zero-order valence-electron chi connectivity index (χ0n) is 13.5. The van der Waals surface area contributed by atoms with Crippen molar-refractivity contribution in [1.82, 2.24) is 10.2 Å². The highest BCUT2D eigenvalue weighted by atomic mass is 16.2. The van der Waals surface area contributed by atoms with Crippen LogP contribution in [0.25, 0.3) is 0 Å². The molecule has 2 rings (SSSR count). The van der Waals surface area contributed by atoms with Gasteiger partial charge in [-0.2, -0.15) is 0 Å². The third-order valence-corrected chi connectivity index (χ3v) is 3.89. The fourth-order valence-electron chi connectivity index (χ4n) is 2.98. The summed E-state index contributed by atoms with van der Waals surface area (Å²) in [6.45, 7) is 10.1. The molecular weight excluding hydrogens is 264 g/mol. The predicted octanol–water partition coefficient (Wildman–Crippen LogP) is 2.32. The number of carbonyl (C=O) groups is 2. The number of nitrogens with zero attached hydrogens (tertiary/aromatic N) is 1. The molecule has 1 unspecified atom stereocenters. The molecule has 114 valence electrons. The van der Waals surface area contributed by atoms with Crippen molar-refractivity contribution in [3.05, 3.63) is 34.9 Å². The molecule has 1 aliphatic heterocycles. The third-order valence-electron chi connectivity index (χ3n) is 3.89. The zero-order chi connectivity index (χ0) is 15.8. The molecule has 0 bridgehead atoms. The summed E-state index contributed by atoms with van der Waals surface area (Å²) in [6, 6.07) is 6.21. The Hall–Kier alpha value is -1.84. The minimum Gasteiger partial charge on any atom is -0.342 e. The summed E-state index contributed by atoms with van der Waals surface area (Å²) < 4.78 is 0. The van der Waals surface area contributed by atoms with Gasteiger partial charge in [0, 0.05) is 19.0 Å². The first kappa shape index (κ1) is 15.5. The highest BCUT2D eigenvalue weighted by molar-refractivity contribution is 5.93. The fourth-order valence-corrected chi connectivity index (χ4v) is 2.98. The minimum absolute atomic E-state index is 0.0278. The number of nitrogens with one attached hydrogen (secondary N) is 1. The van der Waals surface area contributed by atoms with Gasteiger partial charge < -0.3 is 10.2 Å². The summed E-state index contributed by atoms with van der Waals surface area (Å²) >= 11 is 0. The van der Waals surface area contributed by atoms with Crippen molar-refractivity contribution >= 4 is 11.8 Å². The maximum Gasteiger partial charge on any atom is 0.248 e. The molecule has 0 spiro atoms. The largest absolute Gasteiger partial charge is 0.342 e. The first-order valence-electron chi connectivity index (χ1n) is 7.38. The lowest BCUT2D eigenvalue weighted by Crippen LogP contribution is -2.53. The van der Waals surface area contributed by atoms with Crippen molar-refractivity contribution in [1.29, 1.82) is 0 Å². The van der Waals surface area contributed by atoms with E-state index in [2.05, 4.69) is 37.4 Å². The van der Waals surface area contributed by atoms with Gasteiger partial charge in [-0.15, -0.1) is 0 Å². The molecule has 4 heteroatoms. The minimum atomic E-state index is -0.847. The number of amides is 2. The second-order valence-corrected chi connectivity index (χ2v) is 6.66. The van der Waals surface area contributed by atoms with Gasteiger partial charge in [0.05, 0.1) is 0 Å². The Morgan fingerprint density at radius 1 is 1.19 bits per heavy atom. The van der Waals surface area contributed by atoms with E-state index in [0.29, 0.717) is 13.0 Å². The molecule has 1 heterocycles. The summed E-state index contributed by atoms with van der Waals surface area (Å²) in [7, 11) is 0. The van der Waals surface area contributed by atoms with Crippen LogP contribution in [0, 0.1) is 13.8 Å². The van der Waals surface area contributed by atoms with E-state index in [4.69, 9.17) is 0 Å². The first-order valence-corrected chi connectivity index (χ1v) is 7.38. The molecule has 21 heavy (non-hydrogen) atoms. The summed E-state index contributed by atoms with van der Waals surface area (Å²) in [6.07, 6.45) is 0.347. The topological polar surface area (TPSA) is 49.4 Å². The van der Waals surface area contributed by atoms with Crippen LogP contribution >= 0.6 is 0 Å². The van der Waals surface area contributed by atoms with E-state index in [-0.39, 0.29) is 17.9 Å². The van der Waals surface area contributed by atoms with Crippen molar-refractivity contribution in [3.63, 3.8) is 0 Å². The van der Waals surface area contributed by atoms with Crippen LogP contribution in [0.15, 0.2) is 18.2 Å². The molecule has 0 radical (unpaired) electrons. The quantitative estimate of drug-likeness (QED) is 0.908. The SMILES string of the molecule is Cc1cc(C)cc(CN2C(=O)C(C)(C)NC(=O)CC2C)c1. The summed E-state index contributed by atoms with van der Waals surface area (Å²) in [5, 5.41) is 2.81. The van der Waals surface area contributed by atoms with E-state index in [1.807, 2.05) is 11.8 Å². The lowest BCUT2D eigenvalue weighted by atomic mass is 10.0. The molecule has 1 aromatic carbocycles. The van der Waals surface area contributed by atoms with Gasteiger partial charge in [0.15, 0.2) is 0 Å². The Kier molecular flexibility index (Phi) is 4.08. The molecule has 4 nitrogen and oxygen atoms in total. The number of aryl methyl sites for hydroxylation is 2. The van der Waals surface area contributed by atoms with E-state index < -0.39 is 5.54 Å². The van der Waals surface area contributed by atoms with Crippen LogP contribution in [-0.4, -0.2) is 28.3 Å². The Morgan fingerprint density at radius 2 is 1.76 bits per heavy atom. The molecule has 1 N–H and O–H groups in total. The molecule has 2 amide bonds. The van der Waals surface area contributed by atoms with E-state index in [9.17, 15) is 9.59 Å². The number of rotatable bonds is 2. The molecule has 0 saturated carbocycles. The Bertz CT molecular complexity index is 558. The zero-order valence-corrected chi connectivity index (χ0v) is 13.5. The van der Waals surface area contributed by atoms with Gasteiger partial charge in [-0.1, -0.05) is 29.3 Å². The highest BCUT2D eigenvalue weighted by Crippen LogP contribution is 2.21. The average Bonchev–Trinajstić information content (AvgIpc) is 2.38. The Morgan fingerprint density at radius 3 is 2.33 bits per heavy atom. The maximum atomic E-state index is 12.7. The number of hydrogen-bond acceptors (Lipinski definition) is 2. The molecule has 0 aromatic heterocycles. The maximum absolute atomic E-state index is 12.7. The van der Waals surface area contributed by atoms with Crippen LogP contribution in [0.5, 0.6) is 0 Å². The molecule has 1 atom stereocenters. The fraction of sp³-hybridized carbons (Fsp3) is 0.529. The van der Waals surface area contributed by atoms with E-state index in [1.165, 1.54) is 11.1 Å². The average molecular weight is 288 g/mol. The van der Waals surface area contributed by atoms with Crippen molar-refractivity contribution in [2.24, 2.45) is 0 Å². The van der Waals surface area contributed by atoms with E-state index in [0.717, 1.165) is 5.56 Å². The predicted molar refractivity (Wildman–Crippen MR) is 82.8 cm³/mol. The van der Waals surface area contributed by atoms with Gasteiger partial charge in [-0.3, -0.25) is 9.59 Å². The number of carbonyl (C=O) groups excluding carboxylic acids is 2. The van der Waals surface area contributed by atoms with Crippen molar-refractivity contribution in [2.75, 3.05) is 0 Å². The second kappa shape index (κ2) is 5.51. The van der Waals surface area contributed by atoms with Crippen LogP contribution in [0.3, 0.4) is 0 Å². The normalized spacial score (nSPS) is 22.0. The van der Waals surface area contributed by atoms with Gasteiger partial charge in [-0.05, 0) is 40.2 Å². The lowest BCUT2D eigenvalue weighted by Gasteiger charge is -2.32. The summed E-state index contributed by atoms with van der Waals surface area (Å²) in [4.78, 5) is 26.4. The number of benzene rings is 1. The smallest absolute Gasteiger partial charge is 0.248 e. The van der Waals surface area contributed by atoms with E-state index >= 15 is 0 Å². The van der Waals surface area contributed by atoms with Crippen LogP contribution in [0.1, 0.15) is 43.9 Å². The van der Waals surface area contributed by atoms with Gasteiger partial charge in [0.25, 0.3) is 0 Å². The van der Waals surface area contributed by atoms with Crippen molar-refractivity contribution in [2.45, 2.75) is 59.2 Å². The van der Waals surface area contributed by atoms with Crippen LogP contribution in [0.4, 0.5) is 0 Å². The van der Waals surface area contributed by atoms with Gasteiger partial charge in [0.2, 0.25) is 11.8 Å². The van der Waals surface area contributed by atoms with Crippen LogP contribution in [-0.2, 0) is 16.1 Å². The van der Waals surface area contributed by atoms with Gasteiger partial charge in [0.1, 0.15) is 5.54 Å². The lowest BCUT2D eigenvalue weighted by molar-refractivity contribution is -0.139.